The minimum Gasteiger partial charge on any atom is -0.462 e. The largest absolute Gasteiger partial charge is 0.462 e. The Labute approximate surface area is 184 Å². The number of hydrogen-bond donors (Lipinski definition) is 1. The molecule has 0 saturated carbocycles. The van der Waals surface area contributed by atoms with Gasteiger partial charge in [-0.3, -0.25) is 9.47 Å². The highest BCUT2D eigenvalue weighted by atomic mass is 16.5. The maximum absolute atomic E-state index is 5.85. The maximum atomic E-state index is 5.85. The molecule has 10 heteroatoms. The Morgan fingerprint density at radius 1 is 1.16 bits per heavy atom. The van der Waals surface area contributed by atoms with E-state index in [-0.39, 0.29) is 6.01 Å². The van der Waals surface area contributed by atoms with E-state index < -0.39 is 0 Å². The molecule has 0 amide bonds. The quantitative estimate of drug-likeness (QED) is 0.429. The Hall–Kier alpha value is -3.63. The summed E-state index contributed by atoms with van der Waals surface area (Å²) in [6.07, 6.45) is 7.14. The average molecular weight is 432 g/mol. The summed E-state index contributed by atoms with van der Waals surface area (Å²) >= 11 is 0. The fourth-order valence-corrected chi connectivity index (χ4v) is 3.58. The molecular formula is C22H24N8O2. The summed E-state index contributed by atoms with van der Waals surface area (Å²) in [7, 11) is 0. The molecule has 5 rings (SSSR count). The molecule has 1 saturated heterocycles. The Balaban J connectivity index is 1.30. The molecule has 1 aromatic carbocycles. The van der Waals surface area contributed by atoms with E-state index in [0.29, 0.717) is 24.8 Å². The van der Waals surface area contributed by atoms with Crippen molar-refractivity contribution in [3.8, 4) is 11.8 Å². The van der Waals surface area contributed by atoms with E-state index >= 15 is 0 Å². The molecule has 0 spiro atoms. The van der Waals surface area contributed by atoms with Crippen LogP contribution in [0.1, 0.15) is 5.56 Å². The third-order valence-corrected chi connectivity index (χ3v) is 5.28. The number of nitrogens with zero attached hydrogens (tertiary/aromatic N) is 7. The number of para-hydroxylation sites is 1. The summed E-state index contributed by atoms with van der Waals surface area (Å²) in [5.41, 5.74) is 2.16. The first kappa shape index (κ1) is 20.3. The van der Waals surface area contributed by atoms with Gasteiger partial charge in [-0.25, -0.2) is 4.98 Å². The lowest BCUT2D eigenvalue weighted by Gasteiger charge is -2.26. The van der Waals surface area contributed by atoms with Crippen molar-refractivity contribution in [2.75, 3.05) is 39.5 Å². The number of aromatic nitrogens is 5. The molecule has 1 aliphatic heterocycles. The second-order valence-electron chi connectivity index (χ2n) is 7.40. The standard InChI is InChI=1S/C22H24N8O2/c1-2-4-19-18(3-1)17(14-24-19)15-25-28-20-13-21(30-6-5-23-16-30)27-22(26-20)32-12-9-29-7-10-31-11-8-29/h1-6,13-14,16,24H,7-12,15H2. The number of nitrogens with one attached hydrogen (secondary N) is 1. The number of rotatable bonds is 8. The third kappa shape index (κ3) is 4.82. The minimum atomic E-state index is 0.269. The van der Waals surface area contributed by atoms with E-state index in [1.807, 2.05) is 30.6 Å². The highest BCUT2D eigenvalue weighted by molar-refractivity contribution is 5.82. The van der Waals surface area contributed by atoms with Crippen molar-refractivity contribution in [1.82, 2.24) is 29.4 Å². The molecule has 1 fully saturated rings. The van der Waals surface area contributed by atoms with Crippen molar-refractivity contribution >= 4 is 16.7 Å². The first-order chi connectivity index (χ1) is 15.8. The molecule has 4 heterocycles. The molecule has 4 aromatic rings. The second kappa shape index (κ2) is 9.67. The van der Waals surface area contributed by atoms with Crippen LogP contribution in [0.25, 0.3) is 16.7 Å². The topological polar surface area (TPSA) is 106 Å². The fraction of sp³-hybridized carbons (Fsp3) is 0.318. The highest BCUT2D eigenvalue weighted by Crippen LogP contribution is 2.21. The van der Waals surface area contributed by atoms with E-state index in [1.54, 1.807) is 23.2 Å². The van der Waals surface area contributed by atoms with Crippen molar-refractivity contribution in [2.45, 2.75) is 6.54 Å². The number of H-pyrrole nitrogens is 1. The second-order valence-corrected chi connectivity index (χ2v) is 7.40. The number of benzene rings is 1. The van der Waals surface area contributed by atoms with Crippen LogP contribution in [0.15, 0.2) is 65.5 Å². The lowest BCUT2D eigenvalue weighted by molar-refractivity contribution is 0.0317. The smallest absolute Gasteiger partial charge is 0.320 e. The zero-order valence-electron chi connectivity index (χ0n) is 17.6. The first-order valence-electron chi connectivity index (χ1n) is 10.6. The van der Waals surface area contributed by atoms with Gasteiger partial charge in [0.1, 0.15) is 18.8 Å². The molecule has 10 nitrogen and oxygen atoms in total. The van der Waals surface area contributed by atoms with Crippen LogP contribution in [0.2, 0.25) is 0 Å². The molecule has 0 atom stereocenters. The predicted molar refractivity (Wildman–Crippen MR) is 118 cm³/mol. The van der Waals surface area contributed by atoms with Gasteiger partial charge >= 0.3 is 6.01 Å². The zero-order chi connectivity index (χ0) is 21.6. The molecule has 0 unspecified atom stereocenters. The number of aromatic amines is 1. The van der Waals surface area contributed by atoms with Gasteiger partial charge < -0.3 is 14.5 Å². The lowest BCUT2D eigenvalue weighted by atomic mass is 10.2. The van der Waals surface area contributed by atoms with Crippen molar-refractivity contribution in [3.05, 3.63) is 60.8 Å². The zero-order valence-corrected chi connectivity index (χ0v) is 17.6. The number of hydrogen-bond acceptors (Lipinski definition) is 8. The summed E-state index contributed by atoms with van der Waals surface area (Å²) in [5.74, 6) is 1.06. The van der Waals surface area contributed by atoms with Gasteiger partial charge in [0.15, 0.2) is 5.82 Å². The SMILES string of the molecule is c1ccc2c(CN=Nc3cc(-n4ccnc4)nc(OCCN4CCOCC4)n3)c[nH]c2c1. The van der Waals surface area contributed by atoms with Crippen LogP contribution in [0.3, 0.4) is 0 Å². The van der Waals surface area contributed by atoms with Crippen LogP contribution in [0.4, 0.5) is 5.82 Å². The van der Waals surface area contributed by atoms with Crippen LogP contribution in [0, 0.1) is 0 Å². The lowest BCUT2D eigenvalue weighted by Crippen LogP contribution is -2.38. The molecule has 3 aromatic heterocycles. The van der Waals surface area contributed by atoms with Crippen molar-refractivity contribution in [2.24, 2.45) is 10.2 Å². The van der Waals surface area contributed by atoms with Crippen LogP contribution >= 0.6 is 0 Å². The number of ether oxygens (including phenoxy) is 2. The Kier molecular flexibility index (Phi) is 6.13. The summed E-state index contributed by atoms with van der Waals surface area (Å²) < 4.78 is 13.0. The van der Waals surface area contributed by atoms with Gasteiger partial charge in [0.25, 0.3) is 0 Å². The Morgan fingerprint density at radius 2 is 2.06 bits per heavy atom. The van der Waals surface area contributed by atoms with E-state index in [4.69, 9.17) is 9.47 Å². The van der Waals surface area contributed by atoms with E-state index in [1.165, 1.54) is 0 Å². The molecule has 1 aliphatic rings. The Bertz CT molecular complexity index is 1180. The van der Waals surface area contributed by atoms with Crippen LogP contribution in [-0.2, 0) is 11.3 Å². The van der Waals surface area contributed by atoms with Gasteiger partial charge in [0.05, 0.1) is 19.8 Å². The van der Waals surface area contributed by atoms with Crippen molar-refractivity contribution in [3.63, 3.8) is 0 Å². The molecular weight excluding hydrogens is 408 g/mol. The van der Waals surface area contributed by atoms with E-state index in [2.05, 4.69) is 41.1 Å². The van der Waals surface area contributed by atoms with Crippen LogP contribution in [-0.4, -0.2) is 68.9 Å². The number of fused-ring (bicyclic) bond motifs is 1. The molecule has 0 aliphatic carbocycles. The number of azo groups is 1. The van der Waals surface area contributed by atoms with Gasteiger partial charge in [-0.2, -0.15) is 15.1 Å². The molecule has 32 heavy (non-hydrogen) atoms. The minimum absolute atomic E-state index is 0.269. The van der Waals surface area contributed by atoms with E-state index in [0.717, 1.165) is 49.3 Å². The first-order valence-corrected chi connectivity index (χ1v) is 10.6. The van der Waals surface area contributed by atoms with Crippen LogP contribution in [0.5, 0.6) is 6.01 Å². The number of imidazole rings is 1. The van der Waals surface area contributed by atoms with Gasteiger partial charge in [0, 0.05) is 60.8 Å². The summed E-state index contributed by atoms with van der Waals surface area (Å²) in [6.45, 7) is 5.06. The van der Waals surface area contributed by atoms with Crippen molar-refractivity contribution in [1.29, 1.82) is 0 Å². The normalized spacial score (nSPS) is 15.0. The van der Waals surface area contributed by atoms with E-state index in [9.17, 15) is 0 Å². The van der Waals surface area contributed by atoms with Crippen LogP contribution < -0.4 is 4.74 Å². The fourth-order valence-electron chi connectivity index (χ4n) is 3.58. The predicted octanol–water partition coefficient (Wildman–Crippen LogP) is 3.14. The summed E-state index contributed by atoms with van der Waals surface area (Å²) in [4.78, 5) is 18.6. The van der Waals surface area contributed by atoms with Gasteiger partial charge in [0.2, 0.25) is 0 Å². The third-order valence-electron chi connectivity index (χ3n) is 5.28. The average Bonchev–Trinajstić information content (AvgIpc) is 3.51. The Morgan fingerprint density at radius 3 is 2.94 bits per heavy atom. The van der Waals surface area contributed by atoms with Crippen molar-refractivity contribution < 1.29 is 9.47 Å². The highest BCUT2D eigenvalue weighted by Gasteiger charge is 2.12. The summed E-state index contributed by atoms with van der Waals surface area (Å²) in [5, 5.41) is 9.84. The monoisotopic (exact) mass is 432 g/mol. The summed E-state index contributed by atoms with van der Waals surface area (Å²) in [6, 6.07) is 10.2. The maximum Gasteiger partial charge on any atom is 0.320 e. The molecule has 0 radical (unpaired) electrons. The number of morpholine rings is 1. The molecule has 164 valence electrons. The molecule has 1 N–H and O–H groups in total. The van der Waals surface area contributed by atoms with Gasteiger partial charge in [-0.05, 0) is 6.07 Å². The molecule has 0 bridgehead atoms. The van der Waals surface area contributed by atoms with Gasteiger partial charge in [-0.15, -0.1) is 5.11 Å². The van der Waals surface area contributed by atoms with Gasteiger partial charge in [-0.1, -0.05) is 18.2 Å².